The number of carbonyl (C=O) groups excluding carboxylic acids is 4. The van der Waals surface area contributed by atoms with Gasteiger partial charge in [-0.05, 0) is 32.6 Å². The highest BCUT2D eigenvalue weighted by molar-refractivity contribution is 5.91. The van der Waals surface area contributed by atoms with Gasteiger partial charge < -0.3 is 23.7 Å². The molecule has 0 bridgehead atoms. The Balaban J connectivity index is 4.94. The third-order valence-corrected chi connectivity index (χ3v) is 6.89. The molecule has 0 aliphatic carbocycles. The van der Waals surface area contributed by atoms with Crippen LogP contribution >= 0.6 is 0 Å². The first-order valence-corrected chi connectivity index (χ1v) is 15.9. The molecule has 2 atom stereocenters. The summed E-state index contributed by atoms with van der Waals surface area (Å²) in [5.41, 5.74) is 0. The van der Waals surface area contributed by atoms with Crippen LogP contribution in [0.4, 0.5) is 0 Å². The van der Waals surface area contributed by atoms with Crippen LogP contribution in [0.15, 0.2) is 0 Å². The lowest BCUT2D eigenvalue weighted by atomic mass is 9.88. The number of Topliss-reactive ketones (excluding diaryl/α,β-unsaturated/α-hetero) is 4. The van der Waals surface area contributed by atoms with Crippen LogP contribution in [-0.4, -0.2) is 88.7 Å². The van der Waals surface area contributed by atoms with Gasteiger partial charge in [0.15, 0.2) is 5.78 Å². The molecule has 0 aliphatic heterocycles. The highest BCUT2D eigenvalue weighted by atomic mass is 16.5. The number of hydrogen-bond acceptors (Lipinski definition) is 9. The second-order valence-electron chi connectivity index (χ2n) is 10.2. The molecule has 0 aromatic heterocycles. The van der Waals surface area contributed by atoms with E-state index in [1.54, 1.807) is 6.92 Å². The van der Waals surface area contributed by atoms with Crippen LogP contribution in [-0.2, 0) is 42.9 Å². The molecule has 9 nitrogen and oxygen atoms in total. The van der Waals surface area contributed by atoms with Crippen LogP contribution in [0, 0.1) is 5.92 Å². The summed E-state index contributed by atoms with van der Waals surface area (Å²) in [7, 11) is 0. The molecule has 0 aliphatic rings. The summed E-state index contributed by atoms with van der Waals surface area (Å²) in [5.74, 6) is -0.266. The second kappa shape index (κ2) is 28.6. The predicted octanol–water partition coefficient (Wildman–Crippen LogP) is 5.48. The van der Waals surface area contributed by atoms with Crippen molar-refractivity contribution in [3.63, 3.8) is 0 Å². The van der Waals surface area contributed by atoms with Gasteiger partial charge in [-0.1, -0.05) is 39.5 Å². The molecule has 0 N–H and O–H groups in total. The number of unbranched alkanes of at least 4 members (excludes halogenated alkanes) is 3. The first-order valence-electron chi connectivity index (χ1n) is 15.9. The van der Waals surface area contributed by atoms with Crippen molar-refractivity contribution in [3.05, 3.63) is 0 Å². The largest absolute Gasteiger partial charge is 0.379 e. The van der Waals surface area contributed by atoms with E-state index in [2.05, 4.69) is 6.92 Å². The minimum atomic E-state index is -0.627. The van der Waals surface area contributed by atoms with Gasteiger partial charge in [0.2, 0.25) is 0 Å². The van der Waals surface area contributed by atoms with E-state index in [1.807, 2.05) is 13.8 Å². The van der Waals surface area contributed by atoms with Crippen LogP contribution < -0.4 is 0 Å². The highest BCUT2D eigenvalue weighted by Gasteiger charge is 2.29. The number of ether oxygens (including phenoxy) is 5. The summed E-state index contributed by atoms with van der Waals surface area (Å²) in [6.07, 6.45) is 6.47. The van der Waals surface area contributed by atoms with Crippen LogP contribution in [0.2, 0.25) is 0 Å². The summed E-state index contributed by atoms with van der Waals surface area (Å²) in [6.45, 7) is 12.3. The average Bonchev–Trinajstić information content (AvgIpc) is 2.98. The van der Waals surface area contributed by atoms with E-state index in [-0.39, 0.29) is 67.6 Å². The Kier molecular flexibility index (Phi) is 27.5. The Hall–Kier alpha value is -1.52. The maximum atomic E-state index is 13.4. The Bertz CT molecular complexity index is 680. The molecule has 0 rings (SSSR count). The van der Waals surface area contributed by atoms with Crippen molar-refractivity contribution >= 4 is 23.1 Å². The zero-order valence-electron chi connectivity index (χ0n) is 26.4. The van der Waals surface area contributed by atoms with Crippen LogP contribution in [0.3, 0.4) is 0 Å². The Morgan fingerprint density at radius 3 is 1.59 bits per heavy atom. The number of rotatable bonds is 32. The van der Waals surface area contributed by atoms with Crippen LogP contribution in [0.5, 0.6) is 0 Å². The number of carbonyl (C=O) groups is 4. The van der Waals surface area contributed by atoms with E-state index in [0.29, 0.717) is 72.3 Å². The van der Waals surface area contributed by atoms with Crippen LogP contribution in [0.1, 0.15) is 111 Å². The van der Waals surface area contributed by atoms with Crippen molar-refractivity contribution < 1.29 is 42.9 Å². The normalized spacial score (nSPS) is 12.8. The fourth-order valence-electron chi connectivity index (χ4n) is 4.36. The average molecular weight is 587 g/mol. The van der Waals surface area contributed by atoms with E-state index in [1.165, 1.54) is 0 Å². The molecule has 0 amide bonds. The maximum Gasteiger partial charge on any atom is 0.162 e. The molecule has 240 valence electrons. The van der Waals surface area contributed by atoms with Gasteiger partial charge in [-0.15, -0.1) is 0 Å². The Labute approximate surface area is 248 Å². The predicted molar refractivity (Wildman–Crippen MR) is 159 cm³/mol. The Morgan fingerprint density at radius 2 is 1.02 bits per heavy atom. The van der Waals surface area contributed by atoms with Crippen molar-refractivity contribution in [1.82, 2.24) is 0 Å². The lowest BCUT2D eigenvalue weighted by Gasteiger charge is -2.27. The molecule has 41 heavy (non-hydrogen) atoms. The van der Waals surface area contributed by atoms with Gasteiger partial charge in [-0.2, -0.15) is 0 Å². The third kappa shape index (κ3) is 23.7. The molecule has 0 spiro atoms. The summed E-state index contributed by atoms with van der Waals surface area (Å²) in [5, 5.41) is 0. The van der Waals surface area contributed by atoms with E-state index in [0.717, 1.165) is 32.1 Å². The van der Waals surface area contributed by atoms with Gasteiger partial charge in [-0.3, -0.25) is 19.2 Å². The van der Waals surface area contributed by atoms with Gasteiger partial charge in [0.1, 0.15) is 23.5 Å². The quantitative estimate of drug-likeness (QED) is 0.0945. The second-order valence-corrected chi connectivity index (χ2v) is 10.2. The number of ketones is 4. The topological polar surface area (TPSA) is 114 Å². The molecule has 0 saturated carbocycles. The van der Waals surface area contributed by atoms with Crippen molar-refractivity contribution in [2.45, 2.75) is 117 Å². The molecular formula is C32H58O9. The molecule has 0 aromatic carbocycles. The van der Waals surface area contributed by atoms with E-state index in [9.17, 15) is 19.2 Å². The SMILES string of the molecule is CCCCCCC(CCOCCOCCOCC)C(OCCOCC)C(=O)CCC(=O)CCC(=O)CCC(=O)CC. The lowest BCUT2D eigenvalue weighted by Crippen LogP contribution is -2.35. The van der Waals surface area contributed by atoms with E-state index < -0.39 is 6.10 Å². The Morgan fingerprint density at radius 1 is 0.512 bits per heavy atom. The fourth-order valence-corrected chi connectivity index (χ4v) is 4.36. The first-order chi connectivity index (χ1) is 19.9. The minimum Gasteiger partial charge on any atom is -0.379 e. The van der Waals surface area contributed by atoms with E-state index >= 15 is 0 Å². The number of hydrogen-bond donors (Lipinski definition) is 0. The molecule has 0 fully saturated rings. The van der Waals surface area contributed by atoms with Gasteiger partial charge in [0.25, 0.3) is 0 Å². The zero-order chi connectivity index (χ0) is 30.6. The first kappa shape index (κ1) is 39.5. The molecule has 0 aromatic rings. The van der Waals surface area contributed by atoms with Gasteiger partial charge in [0, 0.05) is 64.8 Å². The molecule has 2 unspecified atom stereocenters. The van der Waals surface area contributed by atoms with Gasteiger partial charge in [-0.25, -0.2) is 0 Å². The van der Waals surface area contributed by atoms with Crippen LogP contribution in [0.25, 0.3) is 0 Å². The summed E-state index contributed by atoms with van der Waals surface area (Å²) >= 11 is 0. The maximum absolute atomic E-state index is 13.4. The van der Waals surface area contributed by atoms with Gasteiger partial charge >= 0.3 is 0 Å². The summed E-state index contributed by atoms with van der Waals surface area (Å²) < 4.78 is 28.1. The minimum absolute atomic E-state index is 0.0207. The third-order valence-electron chi connectivity index (χ3n) is 6.89. The smallest absolute Gasteiger partial charge is 0.162 e. The highest BCUT2D eigenvalue weighted by Crippen LogP contribution is 2.23. The molecular weight excluding hydrogens is 528 g/mol. The fraction of sp³-hybridized carbons (Fsp3) is 0.875. The zero-order valence-corrected chi connectivity index (χ0v) is 26.4. The van der Waals surface area contributed by atoms with E-state index in [4.69, 9.17) is 23.7 Å². The van der Waals surface area contributed by atoms with Crippen molar-refractivity contribution in [1.29, 1.82) is 0 Å². The van der Waals surface area contributed by atoms with Crippen molar-refractivity contribution in [2.24, 2.45) is 5.92 Å². The molecule has 0 radical (unpaired) electrons. The molecule has 0 saturated heterocycles. The van der Waals surface area contributed by atoms with Crippen molar-refractivity contribution in [3.8, 4) is 0 Å². The summed E-state index contributed by atoms with van der Waals surface area (Å²) in [4.78, 5) is 49.3. The van der Waals surface area contributed by atoms with Gasteiger partial charge in [0.05, 0.1) is 39.6 Å². The lowest BCUT2D eigenvalue weighted by molar-refractivity contribution is -0.138. The molecule has 0 heterocycles. The standard InChI is InChI=1S/C32H58O9/c1-5-9-10-11-12-27(19-20-39-23-24-40-22-21-37-7-3)32(41-26-25-38-8-4)31(36)18-17-30(35)16-15-29(34)14-13-28(33)6-2/h27,32H,5-26H2,1-4H3. The monoisotopic (exact) mass is 586 g/mol. The molecule has 9 heteroatoms. The summed E-state index contributed by atoms with van der Waals surface area (Å²) in [6, 6.07) is 0. The van der Waals surface area contributed by atoms with Crippen molar-refractivity contribution in [2.75, 3.05) is 59.5 Å².